The maximum atomic E-state index is 13.6. The van der Waals surface area contributed by atoms with Crippen LogP contribution in [-0.4, -0.2) is 22.8 Å². The van der Waals surface area contributed by atoms with Crippen molar-refractivity contribution in [2.24, 2.45) is 16.6 Å². The molecule has 1 saturated carbocycles. The summed E-state index contributed by atoms with van der Waals surface area (Å²) in [7, 11) is 0. The molecule has 1 atom stereocenters. The van der Waals surface area contributed by atoms with E-state index in [2.05, 4.69) is 6.07 Å². The van der Waals surface area contributed by atoms with Crippen LogP contribution in [0.4, 0.5) is 0 Å². The van der Waals surface area contributed by atoms with E-state index in [0.29, 0.717) is 11.5 Å². The lowest BCUT2D eigenvalue weighted by Crippen LogP contribution is -2.49. The lowest BCUT2D eigenvalue weighted by Gasteiger charge is -2.38. The predicted molar refractivity (Wildman–Crippen MR) is 97.8 cm³/mol. The number of amides is 1. The Balaban J connectivity index is 2.22. The maximum absolute atomic E-state index is 13.6. The third-order valence-corrected chi connectivity index (χ3v) is 5.57. The van der Waals surface area contributed by atoms with Gasteiger partial charge in [0.05, 0.1) is 11.6 Å². The Morgan fingerprint density at radius 1 is 1.32 bits per heavy atom. The van der Waals surface area contributed by atoms with Gasteiger partial charge in [-0.25, -0.2) is 4.99 Å². The second-order valence-electron chi connectivity index (χ2n) is 7.48. The number of carbonyl (C=O) groups is 1. The van der Waals surface area contributed by atoms with Crippen LogP contribution in [0.3, 0.4) is 0 Å². The summed E-state index contributed by atoms with van der Waals surface area (Å²) in [5.74, 6) is 0.390. The zero-order valence-corrected chi connectivity index (χ0v) is 15.2. The van der Waals surface area contributed by atoms with E-state index in [-0.39, 0.29) is 17.9 Å². The third-order valence-electron chi connectivity index (χ3n) is 5.57. The van der Waals surface area contributed by atoms with Gasteiger partial charge in [-0.05, 0) is 62.8 Å². The number of benzene rings is 1. The Bertz CT molecular complexity index is 755. The van der Waals surface area contributed by atoms with E-state index in [0.717, 1.165) is 36.8 Å². The molecule has 2 N–H and O–H groups in total. The molecule has 1 amide bonds. The number of nitriles is 1. The van der Waals surface area contributed by atoms with E-state index in [1.165, 1.54) is 6.42 Å². The summed E-state index contributed by atoms with van der Waals surface area (Å²) >= 11 is 0. The van der Waals surface area contributed by atoms with Crippen LogP contribution in [0.1, 0.15) is 62.6 Å². The standard InChI is InChI=1S/C20H26N4O/c1-13(2)24-18(25)20(23-19(24)22,16-7-5-4-6-8-16)17-11-15(12-21)10-9-14(17)3/h9-11,13,16H,4-8H2,1-3H3,(H2,22,23). The predicted octanol–water partition coefficient (Wildman–Crippen LogP) is 3.21. The van der Waals surface area contributed by atoms with Gasteiger partial charge in [0, 0.05) is 6.04 Å². The molecule has 0 saturated heterocycles. The molecular weight excluding hydrogens is 312 g/mol. The Hall–Kier alpha value is -2.35. The van der Waals surface area contributed by atoms with Crippen molar-refractivity contribution in [2.45, 2.75) is 64.5 Å². The van der Waals surface area contributed by atoms with Gasteiger partial charge in [-0.15, -0.1) is 0 Å². The van der Waals surface area contributed by atoms with Crippen LogP contribution in [0, 0.1) is 24.2 Å². The minimum atomic E-state index is -0.980. The number of aryl methyl sites for hydroxylation is 1. The van der Waals surface area contributed by atoms with Gasteiger partial charge >= 0.3 is 0 Å². The summed E-state index contributed by atoms with van der Waals surface area (Å²) in [6.07, 6.45) is 5.34. The highest BCUT2D eigenvalue weighted by atomic mass is 16.2. The molecule has 3 rings (SSSR count). The second kappa shape index (κ2) is 6.51. The van der Waals surface area contributed by atoms with E-state index in [1.807, 2.05) is 32.9 Å². The van der Waals surface area contributed by atoms with Gasteiger partial charge in [-0.2, -0.15) is 5.26 Å². The SMILES string of the molecule is Cc1ccc(C#N)cc1C1(C2CCCCC2)N=C(N)N(C(C)C)C1=O. The molecule has 1 aromatic carbocycles. The van der Waals surface area contributed by atoms with E-state index in [9.17, 15) is 10.1 Å². The van der Waals surface area contributed by atoms with Crippen molar-refractivity contribution in [3.8, 4) is 6.07 Å². The van der Waals surface area contributed by atoms with Gasteiger partial charge in [0.25, 0.3) is 5.91 Å². The van der Waals surface area contributed by atoms with E-state index < -0.39 is 5.54 Å². The van der Waals surface area contributed by atoms with E-state index >= 15 is 0 Å². The average Bonchev–Trinajstić information content (AvgIpc) is 2.87. The van der Waals surface area contributed by atoms with Crippen molar-refractivity contribution in [2.75, 3.05) is 0 Å². The Morgan fingerprint density at radius 3 is 2.56 bits per heavy atom. The number of nitrogens with zero attached hydrogens (tertiary/aromatic N) is 3. The summed E-state index contributed by atoms with van der Waals surface area (Å²) in [5, 5.41) is 9.34. The van der Waals surface area contributed by atoms with Crippen molar-refractivity contribution in [3.63, 3.8) is 0 Å². The van der Waals surface area contributed by atoms with E-state index in [1.54, 1.807) is 11.0 Å². The van der Waals surface area contributed by atoms with Gasteiger partial charge in [-0.1, -0.05) is 25.3 Å². The summed E-state index contributed by atoms with van der Waals surface area (Å²) in [4.78, 5) is 20.0. The summed E-state index contributed by atoms with van der Waals surface area (Å²) < 4.78 is 0. The molecule has 1 unspecified atom stereocenters. The highest BCUT2D eigenvalue weighted by molar-refractivity contribution is 6.07. The van der Waals surface area contributed by atoms with Gasteiger partial charge < -0.3 is 5.73 Å². The number of hydrogen-bond acceptors (Lipinski definition) is 4. The molecule has 0 radical (unpaired) electrons. The zero-order valence-electron chi connectivity index (χ0n) is 15.2. The van der Waals surface area contributed by atoms with Crippen LogP contribution < -0.4 is 5.73 Å². The zero-order chi connectivity index (χ0) is 18.2. The van der Waals surface area contributed by atoms with Crippen molar-refractivity contribution >= 4 is 11.9 Å². The Labute approximate surface area is 149 Å². The summed E-state index contributed by atoms with van der Waals surface area (Å²) in [6.45, 7) is 5.89. The van der Waals surface area contributed by atoms with Crippen LogP contribution in [0.25, 0.3) is 0 Å². The molecule has 1 aliphatic carbocycles. The normalized spacial score (nSPS) is 24.5. The van der Waals surface area contributed by atoms with Crippen molar-refractivity contribution < 1.29 is 4.79 Å². The maximum Gasteiger partial charge on any atom is 0.262 e. The first-order valence-corrected chi connectivity index (χ1v) is 9.12. The molecule has 1 heterocycles. The molecule has 25 heavy (non-hydrogen) atoms. The fourth-order valence-electron chi connectivity index (χ4n) is 4.35. The molecule has 5 nitrogen and oxygen atoms in total. The highest BCUT2D eigenvalue weighted by Crippen LogP contribution is 2.47. The topological polar surface area (TPSA) is 82.5 Å². The first-order chi connectivity index (χ1) is 11.9. The van der Waals surface area contributed by atoms with E-state index in [4.69, 9.17) is 10.7 Å². The van der Waals surface area contributed by atoms with Crippen molar-refractivity contribution in [3.05, 3.63) is 34.9 Å². The largest absolute Gasteiger partial charge is 0.369 e. The summed E-state index contributed by atoms with van der Waals surface area (Å²) in [6, 6.07) is 7.69. The molecule has 0 aromatic heterocycles. The van der Waals surface area contributed by atoms with Crippen LogP contribution in [0.15, 0.2) is 23.2 Å². The fraction of sp³-hybridized carbons (Fsp3) is 0.550. The smallest absolute Gasteiger partial charge is 0.262 e. The van der Waals surface area contributed by atoms with Crippen LogP contribution in [0.5, 0.6) is 0 Å². The molecule has 132 valence electrons. The first kappa shape index (κ1) is 17.5. The Morgan fingerprint density at radius 2 is 2.00 bits per heavy atom. The lowest BCUT2D eigenvalue weighted by atomic mass is 9.69. The second-order valence-corrected chi connectivity index (χ2v) is 7.48. The molecule has 0 bridgehead atoms. The van der Waals surface area contributed by atoms with Crippen molar-refractivity contribution in [1.82, 2.24) is 4.90 Å². The number of rotatable bonds is 3. The lowest BCUT2D eigenvalue weighted by molar-refractivity contribution is -0.135. The molecule has 2 aliphatic rings. The number of guanidine groups is 1. The fourth-order valence-corrected chi connectivity index (χ4v) is 4.35. The van der Waals surface area contributed by atoms with Crippen molar-refractivity contribution in [1.29, 1.82) is 5.26 Å². The molecule has 5 heteroatoms. The van der Waals surface area contributed by atoms with Gasteiger partial charge in [0.2, 0.25) is 0 Å². The number of nitrogens with two attached hydrogens (primary N) is 1. The first-order valence-electron chi connectivity index (χ1n) is 9.12. The van der Waals surface area contributed by atoms with Gasteiger partial charge in [-0.3, -0.25) is 9.69 Å². The van der Waals surface area contributed by atoms with Gasteiger partial charge in [0.15, 0.2) is 11.5 Å². The quantitative estimate of drug-likeness (QED) is 0.918. The average molecular weight is 338 g/mol. The minimum Gasteiger partial charge on any atom is -0.369 e. The van der Waals surface area contributed by atoms with Gasteiger partial charge in [0.1, 0.15) is 0 Å². The number of hydrogen-bond donors (Lipinski definition) is 1. The molecular formula is C20H26N4O. The molecule has 1 aromatic rings. The number of aliphatic imine (C=N–C) groups is 1. The van der Waals surface area contributed by atoms with Crippen LogP contribution in [0.2, 0.25) is 0 Å². The minimum absolute atomic E-state index is 0.0370. The molecule has 1 fully saturated rings. The molecule has 1 aliphatic heterocycles. The monoisotopic (exact) mass is 338 g/mol. The van der Waals surface area contributed by atoms with Crippen LogP contribution in [-0.2, 0) is 10.3 Å². The highest BCUT2D eigenvalue weighted by Gasteiger charge is 2.55. The molecule has 0 spiro atoms. The summed E-state index contributed by atoms with van der Waals surface area (Å²) in [5.41, 5.74) is 7.60. The number of carbonyl (C=O) groups excluding carboxylic acids is 1. The third kappa shape index (κ3) is 2.70. The van der Waals surface area contributed by atoms with Crippen LogP contribution >= 0.6 is 0 Å². The Kier molecular flexibility index (Phi) is 4.55.